The van der Waals surface area contributed by atoms with Gasteiger partial charge in [-0.1, -0.05) is 19.9 Å². The second-order valence-corrected chi connectivity index (χ2v) is 6.95. The molecule has 0 heterocycles. The van der Waals surface area contributed by atoms with E-state index in [1.54, 1.807) is 0 Å². The minimum absolute atomic E-state index is 0.368. The van der Waals surface area contributed by atoms with Crippen molar-refractivity contribution in [1.29, 1.82) is 0 Å². The molecule has 0 saturated carbocycles. The summed E-state index contributed by atoms with van der Waals surface area (Å²) >= 11 is 6.96. The standard InChI is InChI=1S/C15H23Br2NO2/c1-11(2)5-4-8-20-10-12(19)9-18-15-13(16)6-3-7-14(15)17/h3,6-7,11-12,18-19H,4-5,8-10H2,1-2H3. The Labute approximate surface area is 138 Å². The molecule has 114 valence electrons. The van der Waals surface area contributed by atoms with Crippen LogP contribution in [0.25, 0.3) is 0 Å². The monoisotopic (exact) mass is 407 g/mol. The van der Waals surface area contributed by atoms with Crippen molar-refractivity contribution in [2.75, 3.05) is 25.1 Å². The molecule has 0 spiro atoms. The second kappa shape index (κ2) is 9.77. The Balaban J connectivity index is 2.21. The van der Waals surface area contributed by atoms with E-state index in [1.165, 1.54) is 0 Å². The summed E-state index contributed by atoms with van der Waals surface area (Å²) < 4.78 is 7.42. The van der Waals surface area contributed by atoms with Gasteiger partial charge in [0.05, 0.1) is 18.4 Å². The van der Waals surface area contributed by atoms with E-state index in [9.17, 15) is 5.11 Å². The number of aliphatic hydroxyl groups excluding tert-OH is 1. The molecule has 5 heteroatoms. The number of anilines is 1. The Bertz CT molecular complexity index is 379. The van der Waals surface area contributed by atoms with Crippen LogP contribution in [0.4, 0.5) is 5.69 Å². The normalized spacial score (nSPS) is 12.7. The van der Waals surface area contributed by atoms with E-state index >= 15 is 0 Å². The second-order valence-electron chi connectivity index (χ2n) is 5.24. The predicted molar refractivity (Wildman–Crippen MR) is 91.2 cm³/mol. The predicted octanol–water partition coefficient (Wildman–Crippen LogP) is 4.44. The third-order valence-corrected chi connectivity index (χ3v) is 4.18. The van der Waals surface area contributed by atoms with Crippen LogP contribution in [0.2, 0.25) is 0 Å². The number of ether oxygens (including phenoxy) is 1. The molecule has 1 unspecified atom stereocenters. The quantitative estimate of drug-likeness (QED) is 0.593. The Kier molecular flexibility index (Phi) is 8.77. The molecule has 0 bridgehead atoms. The van der Waals surface area contributed by atoms with Crippen molar-refractivity contribution in [3.63, 3.8) is 0 Å². The Morgan fingerprint density at radius 1 is 1.25 bits per heavy atom. The summed E-state index contributed by atoms with van der Waals surface area (Å²) in [5.41, 5.74) is 0.950. The molecule has 0 aliphatic rings. The van der Waals surface area contributed by atoms with Gasteiger partial charge in [-0.15, -0.1) is 0 Å². The minimum Gasteiger partial charge on any atom is -0.389 e. The Morgan fingerprint density at radius 3 is 2.50 bits per heavy atom. The van der Waals surface area contributed by atoms with Gasteiger partial charge in [-0.05, 0) is 62.8 Å². The summed E-state index contributed by atoms with van der Waals surface area (Å²) in [5.74, 6) is 0.706. The van der Waals surface area contributed by atoms with Crippen molar-refractivity contribution in [2.24, 2.45) is 5.92 Å². The van der Waals surface area contributed by atoms with Gasteiger partial charge < -0.3 is 15.2 Å². The van der Waals surface area contributed by atoms with Crippen LogP contribution in [0, 0.1) is 5.92 Å². The lowest BCUT2D eigenvalue weighted by Crippen LogP contribution is -2.25. The SMILES string of the molecule is CC(C)CCCOCC(O)CNc1c(Br)cccc1Br. The van der Waals surface area contributed by atoms with Crippen molar-refractivity contribution in [3.8, 4) is 0 Å². The number of hydrogen-bond acceptors (Lipinski definition) is 3. The summed E-state index contributed by atoms with van der Waals surface area (Å²) in [5, 5.41) is 13.1. The molecule has 1 aromatic carbocycles. The maximum absolute atomic E-state index is 9.88. The fourth-order valence-corrected chi connectivity index (χ4v) is 3.04. The van der Waals surface area contributed by atoms with E-state index < -0.39 is 6.10 Å². The lowest BCUT2D eigenvalue weighted by atomic mass is 10.1. The van der Waals surface area contributed by atoms with Gasteiger partial charge in [0.1, 0.15) is 0 Å². The van der Waals surface area contributed by atoms with Gasteiger partial charge in [-0.3, -0.25) is 0 Å². The number of benzene rings is 1. The Hall–Kier alpha value is -0.100. The third-order valence-electron chi connectivity index (χ3n) is 2.86. The average Bonchev–Trinajstić information content (AvgIpc) is 2.37. The molecule has 2 N–H and O–H groups in total. The van der Waals surface area contributed by atoms with Gasteiger partial charge in [0.2, 0.25) is 0 Å². The summed E-state index contributed by atoms with van der Waals surface area (Å²) in [6.45, 7) is 5.95. The molecular formula is C15H23Br2NO2. The van der Waals surface area contributed by atoms with Crippen LogP contribution < -0.4 is 5.32 Å². The molecule has 1 rings (SSSR count). The minimum atomic E-state index is -0.506. The summed E-state index contributed by atoms with van der Waals surface area (Å²) in [7, 11) is 0. The first-order valence-corrected chi connectivity index (χ1v) is 8.53. The highest BCUT2D eigenvalue weighted by Crippen LogP contribution is 2.30. The molecule has 0 saturated heterocycles. The zero-order valence-electron chi connectivity index (χ0n) is 12.0. The van der Waals surface area contributed by atoms with Crippen molar-refractivity contribution < 1.29 is 9.84 Å². The maximum atomic E-state index is 9.88. The fourth-order valence-electron chi connectivity index (χ4n) is 1.76. The summed E-state index contributed by atoms with van der Waals surface area (Å²) in [6.07, 6.45) is 1.71. The van der Waals surface area contributed by atoms with E-state index in [4.69, 9.17) is 4.74 Å². The highest BCUT2D eigenvalue weighted by molar-refractivity contribution is 9.11. The molecule has 0 aliphatic carbocycles. The summed E-state index contributed by atoms with van der Waals surface area (Å²) in [6, 6.07) is 5.87. The molecule has 0 fully saturated rings. The molecule has 20 heavy (non-hydrogen) atoms. The fraction of sp³-hybridized carbons (Fsp3) is 0.600. The van der Waals surface area contributed by atoms with E-state index in [0.29, 0.717) is 25.7 Å². The molecule has 3 nitrogen and oxygen atoms in total. The van der Waals surface area contributed by atoms with E-state index in [1.807, 2.05) is 18.2 Å². The lowest BCUT2D eigenvalue weighted by Gasteiger charge is -2.15. The molecule has 0 aliphatic heterocycles. The van der Waals surface area contributed by atoms with Crippen molar-refractivity contribution in [2.45, 2.75) is 32.8 Å². The van der Waals surface area contributed by atoms with Crippen molar-refractivity contribution in [3.05, 3.63) is 27.1 Å². The number of hydrogen-bond donors (Lipinski definition) is 2. The number of halogens is 2. The van der Waals surface area contributed by atoms with Gasteiger partial charge in [0.25, 0.3) is 0 Å². The van der Waals surface area contributed by atoms with E-state index in [2.05, 4.69) is 51.0 Å². The van der Waals surface area contributed by atoms with Crippen molar-refractivity contribution >= 4 is 37.5 Å². The van der Waals surface area contributed by atoms with Gasteiger partial charge in [0.15, 0.2) is 0 Å². The smallest absolute Gasteiger partial charge is 0.0945 e. The largest absolute Gasteiger partial charge is 0.389 e. The molecule has 1 atom stereocenters. The zero-order chi connectivity index (χ0) is 15.0. The molecule has 0 aromatic heterocycles. The van der Waals surface area contributed by atoms with Crippen LogP contribution in [-0.4, -0.2) is 31.0 Å². The molecule has 0 radical (unpaired) electrons. The van der Waals surface area contributed by atoms with Gasteiger partial charge in [-0.2, -0.15) is 0 Å². The Morgan fingerprint density at radius 2 is 1.90 bits per heavy atom. The van der Waals surface area contributed by atoms with Crippen LogP contribution in [0.5, 0.6) is 0 Å². The van der Waals surface area contributed by atoms with Gasteiger partial charge in [0, 0.05) is 22.1 Å². The third kappa shape index (κ3) is 7.07. The molecule has 0 amide bonds. The number of aliphatic hydroxyl groups is 1. The van der Waals surface area contributed by atoms with Crippen LogP contribution >= 0.6 is 31.9 Å². The number of nitrogens with one attached hydrogen (secondary N) is 1. The molecule has 1 aromatic rings. The zero-order valence-corrected chi connectivity index (χ0v) is 15.2. The lowest BCUT2D eigenvalue weighted by molar-refractivity contribution is 0.0409. The highest BCUT2D eigenvalue weighted by atomic mass is 79.9. The summed E-state index contributed by atoms with van der Waals surface area (Å²) in [4.78, 5) is 0. The van der Waals surface area contributed by atoms with Crippen molar-refractivity contribution in [1.82, 2.24) is 0 Å². The van der Waals surface area contributed by atoms with Crippen LogP contribution in [-0.2, 0) is 4.74 Å². The van der Waals surface area contributed by atoms with Crippen LogP contribution in [0.1, 0.15) is 26.7 Å². The van der Waals surface area contributed by atoms with Gasteiger partial charge >= 0.3 is 0 Å². The van der Waals surface area contributed by atoms with Crippen LogP contribution in [0.3, 0.4) is 0 Å². The van der Waals surface area contributed by atoms with E-state index in [-0.39, 0.29) is 0 Å². The average molecular weight is 409 g/mol. The first-order chi connectivity index (χ1) is 9.50. The maximum Gasteiger partial charge on any atom is 0.0945 e. The highest BCUT2D eigenvalue weighted by Gasteiger charge is 2.08. The van der Waals surface area contributed by atoms with E-state index in [0.717, 1.165) is 27.5 Å². The van der Waals surface area contributed by atoms with Crippen LogP contribution in [0.15, 0.2) is 27.1 Å². The first-order valence-electron chi connectivity index (χ1n) is 6.94. The first kappa shape index (κ1) is 18.0. The number of para-hydroxylation sites is 1. The molecular weight excluding hydrogens is 386 g/mol. The topological polar surface area (TPSA) is 41.5 Å². The number of rotatable bonds is 9. The van der Waals surface area contributed by atoms with Gasteiger partial charge in [-0.25, -0.2) is 0 Å².